The quantitative estimate of drug-likeness (QED) is 0.131. The van der Waals surface area contributed by atoms with Gasteiger partial charge >= 0.3 is 101 Å². The lowest BCUT2D eigenvalue weighted by Crippen LogP contribution is -2.78. The Labute approximate surface area is 276 Å². The maximum atomic E-state index is 14.2. The van der Waals surface area contributed by atoms with Crippen LogP contribution >= 0.6 is 0 Å². The van der Waals surface area contributed by atoms with E-state index in [4.69, 9.17) is 5.11 Å². The topological polar surface area (TPSA) is 37.3 Å². The van der Waals surface area contributed by atoms with Gasteiger partial charge in [-0.05, 0) is 0 Å². The highest BCUT2D eigenvalue weighted by molar-refractivity contribution is 5.75. The summed E-state index contributed by atoms with van der Waals surface area (Å²) >= 11 is 0. The number of alkyl halides is 34. The van der Waals surface area contributed by atoms with Gasteiger partial charge in [0.1, 0.15) is 0 Å². The largest absolute Gasteiger partial charge is 0.481 e. The second kappa shape index (κ2) is 13.1. The monoisotopic (exact) mass is 907 g/mol. The van der Waals surface area contributed by atoms with Crippen molar-refractivity contribution in [3.8, 4) is 0 Å². The molecule has 0 atom stereocenters. The van der Waals surface area contributed by atoms with E-state index in [1.807, 2.05) is 0 Å². The molecule has 0 bridgehead atoms. The molecule has 0 aliphatic heterocycles. The lowest BCUT2D eigenvalue weighted by molar-refractivity contribution is -0.473. The van der Waals surface area contributed by atoms with Gasteiger partial charge in [-0.3, -0.25) is 4.79 Å². The lowest BCUT2D eigenvalue weighted by atomic mass is 9.78. The Hall–Kier alpha value is -2.85. The molecule has 55 heavy (non-hydrogen) atoms. The van der Waals surface area contributed by atoms with E-state index in [1.165, 1.54) is 0 Å². The number of halogens is 34. The molecule has 0 aliphatic carbocycles. The number of rotatable bonds is 15. The van der Waals surface area contributed by atoms with Crippen LogP contribution in [0.2, 0.25) is 0 Å². The molecule has 0 saturated carbocycles. The van der Waals surface area contributed by atoms with E-state index >= 15 is 0 Å². The van der Waals surface area contributed by atoms with Crippen molar-refractivity contribution in [2.75, 3.05) is 0 Å². The van der Waals surface area contributed by atoms with Crippen LogP contribution in [0.25, 0.3) is 0 Å². The van der Waals surface area contributed by atoms with Crippen LogP contribution in [0.3, 0.4) is 0 Å². The first kappa shape index (κ1) is 54.3. The standard InChI is InChI=1S/C18H2F34O2.B/c19-3(20,5(23,24)7(27,28)9(31,32)11(35,36)13(39,40)15(43,44)17(47,48)49)1(2(53)54)4(21,22)6(25,26)8(29,30)10(33,34)12(37,38)14(41,42)16(45,46)18(50,51)52;/h1H,(H,53,54);. The summed E-state index contributed by atoms with van der Waals surface area (Å²) in [6.07, 6.45) is -16.8. The van der Waals surface area contributed by atoms with Crippen LogP contribution in [0.4, 0.5) is 149 Å². The number of aliphatic carboxylic acids is 1. The number of carboxylic acids is 1. The Morgan fingerprint density at radius 1 is 0.273 bits per heavy atom. The van der Waals surface area contributed by atoms with E-state index in [1.54, 1.807) is 0 Å². The first-order chi connectivity index (χ1) is 22.6. The molecule has 3 radical (unpaired) electrons. The second-order valence-corrected chi connectivity index (χ2v) is 9.91. The van der Waals surface area contributed by atoms with Crippen molar-refractivity contribution < 1.29 is 159 Å². The smallest absolute Gasteiger partial charge is 0.460 e. The van der Waals surface area contributed by atoms with Crippen molar-refractivity contribution in [3.05, 3.63) is 0 Å². The third-order valence-electron chi connectivity index (χ3n) is 6.46. The average Bonchev–Trinajstić information content (AvgIpc) is 2.89. The molecule has 0 spiro atoms. The van der Waals surface area contributed by atoms with Crippen molar-refractivity contribution in [3.63, 3.8) is 0 Å². The molecule has 0 aromatic carbocycles. The van der Waals surface area contributed by atoms with Gasteiger partial charge in [-0.2, -0.15) is 149 Å². The Morgan fingerprint density at radius 3 is 0.527 bits per heavy atom. The summed E-state index contributed by atoms with van der Waals surface area (Å²) in [5.41, 5.74) is 0. The molecule has 0 fully saturated rings. The average molecular weight is 907 g/mol. The normalized spacial score (nSPS) is 16.7. The molecule has 0 aliphatic rings. The summed E-state index contributed by atoms with van der Waals surface area (Å²) < 4.78 is 454. The van der Waals surface area contributed by atoms with Gasteiger partial charge in [0, 0.05) is 8.41 Å². The van der Waals surface area contributed by atoms with Gasteiger partial charge in [-0.25, -0.2) is 0 Å². The van der Waals surface area contributed by atoms with Crippen molar-refractivity contribution in [2.45, 2.75) is 95.3 Å². The van der Waals surface area contributed by atoms with E-state index < -0.39 is 107 Å². The van der Waals surface area contributed by atoms with Crippen LogP contribution in [0.1, 0.15) is 0 Å². The van der Waals surface area contributed by atoms with Crippen LogP contribution in [0.5, 0.6) is 0 Å². The highest BCUT2D eigenvalue weighted by Crippen LogP contribution is 2.68. The van der Waals surface area contributed by atoms with Gasteiger partial charge in [0.05, 0.1) is 0 Å². The fourth-order valence-corrected chi connectivity index (χ4v) is 3.25. The molecule has 327 valence electrons. The Balaban J connectivity index is 0. The second-order valence-electron chi connectivity index (χ2n) is 9.91. The van der Waals surface area contributed by atoms with E-state index in [-0.39, 0.29) is 8.41 Å². The summed E-state index contributed by atoms with van der Waals surface area (Å²) in [4.78, 5) is 10.8. The van der Waals surface area contributed by atoms with Gasteiger partial charge in [-0.1, -0.05) is 0 Å². The molecule has 1 N–H and O–H groups in total. The molecule has 37 heteroatoms. The molecule has 0 saturated heterocycles. The minimum atomic E-state index is -9.94. The number of carbonyl (C=O) groups is 1. The third kappa shape index (κ3) is 6.38. The molecule has 0 rings (SSSR count). The molecule has 0 aromatic heterocycles. The summed E-state index contributed by atoms with van der Waals surface area (Å²) in [6, 6.07) is 0. The van der Waals surface area contributed by atoms with E-state index in [0.29, 0.717) is 0 Å². The van der Waals surface area contributed by atoms with Gasteiger partial charge in [-0.15, -0.1) is 0 Å². The highest BCUT2D eigenvalue weighted by atomic mass is 19.4. The fourth-order valence-electron chi connectivity index (χ4n) is 3.25. The molecule has 0 heterocycles. The van der Waals surface area contributed by atoms with Crippen LogP contribution in [-0.4, -0.2) is 115 Å². The molecule has 2 nitrogen and oxygen atoms in total. The zero-order valence-corrected chi connectivity index (χ0v) is 23.4. The Morgan fingerprint density at radius 2 is 0.400 bits per heavy atom. The van der Waals surface area contributed by atoms with Crippen LogP contribution < -0.4 is 0 Å². The van der Waals surface area contributed by atoms with E-state index in [0.717, 1.165) is 0 Å². The lowest BCUT2D eigenvalue weighted by Gasteiger charge is -2.46. The first-order valence-corrected chi connectivity index (χ1v) is 11.2. The summed E-state index contributed by atoms with van der Waals surface area (Å²) in [7, 11) is 0. The Kier molecular flexibility index (Phi) is 12.9. The first-order valence-electron chi connectivity index (χ1n) is 11.2. The molecule has 0 unspecified atom stereocenters. The van der Waals surface area contributed by atoms with Crippen molar-refractivity contribution in [2.24, 2.45) is 5.92 Å². The SMILES string of the molecule is O=C(O)C(C(F)(F)C(F)(F)C(F)(F)C(F)(F)C(F)(F)C(F)(F)C(F)(F)C(F)(F)F)C(F)(F)C(F)(F)C(F)(F)C(F)(F)C(F)(F)C(F)(F)C(F)(F)C(F)(F)F.[B]. The summed E-state index contributed by atoms with van der Waals surface area (Å²) in [6.45, 7) is 0. The van der Waals surface area contributed by atoms with Gasteiger partial charge in [0.15, 0.2) is 5.92 Å². The minimum absolute atomic E-state index is 0. The van der Waals surface area contributed by atoms with Gasteiger partial charge in [0.25, 0.3) is 0 Å². The predicted octanol–water partition coefficient (Wildman–Crippen LogP) is 10.3. The summed E-state index contributed by atoms with van der Waals surface area (Å²) in [5.74, 6) is -148. The molecular weight excluding hydrogens is 905 g/mol. The van der Waals surface area contributed by atoms with Crippen LogP contribution in [0, 0.1) is 5.92 Å². The van der Waals surface area contributed by atoms with Crippen molar-refractivity contribution in [1.29, 1.82) is 0 Å². The van der Waals surface area contributed by atoms with Gasteiger partial charge < -0.3 is 5.11 Å². The highest BCUT2D eigenvalue weighted by Gasteiger charge is 2.99. The van der Waals surface area contributed by atoms with E-state index in [2.05, 4.69) is 0 Å². The van der Waals surface area contributed by atoms with Crippen LogP contribution in [0.15, 0.2) is 0 Å². The zero-order valence-electron chi connectivity index (χ0n) is 23.4. The van der Waals surface area contributed by atoms with Gasteiger partial charge in [0.2, 0.25) is 0 Å². The predicted molar refractivity (Wildman–Crippen MR) is 98.2 cm³/mol. The maximum absolute atomic E-state index is 14.2. The number of hydrogen-bond acceptors (Lipinski definition) is 1. The molecule has 0 aromatic rings. The minimum Gasteiger partial charge on any atom is -0.481 e. The number of hydrogen-bond donors (Lipinski definition) is 1. The zero-order chi connectivity index (χ0) is 45.2. The number of carboxylic acid groups (broad SMARTS) is 1. The van der Waals surface area contributed by atoms with Crippen LogP contribution in [-0.2, 0) is 4.79 Å². The molecule has 0 amide bonds. The molecular formula is C18H2BF34O2. The van der Waals surface area contributed by atoms with Crippen molar-refractivity contribution in [1.82, 2.24) is 0 Å². The fraction of sp³-hybridized carbons (Fsp3) is 0.944. The third-order valence-corrected chi connectivity index (χ3v) is 6.46. The maximum Gasteiger partial charge on any atom is 0.460 e. The Bertz CT molecular complexity index is 1300. The van der Waals surface area contributed by atoms with Crippen molar-refractivity contribution >= 4 is 14.4 Å². The van der Waals surface area contributed by atoms with E-state index in [9.17, 15) is 154 Å². The summed E-state index contributed by atoms with van der Waals surface area (Å²) in [5, 5.41) is 8.20.